The smallest absolute Gasteiger partial charge is 0.134 e. The molecule has 0 radical (unpaired) electrons. The van der Waals surface area contributed by atoms with Crippen LogP contribution in [0.2, 0.25) is 0 Å². The van der Waals surface area contributed by atoms with Gasteiger partial charge < -0.3 is 5.32 Å². The largest absolute Gasteiger partial charge is 0.309 e. The first-order valence-corrected chi connectivity index (χ1v) is 5.64. The molecule has 0 spiro atoms. The summed E-state index contributed by atoms with van der Waals surface area (Å²) in [7, 11) is 1.64. The molecule has 0 saturated heterocycles. The van der Waals surface area contributed by atoms with Gasteiger partial charge in [0.25, 0.3) is 0 Å². The van der Waals surface area contributed by atoms with Gasteiger partial charge in [0.1, 0.15) is 17.5 Å². The summed E-state index contributed by atoms with van der Waals surface area (Å²) >= 11 is 0. The molecule has 2 rings (SSSR count). The van der Waals surface area contributed by atoms with E-state index in [1.165, 1.54) is 0 Å². The Balaban J connectivity index is 2.43. The highest BCUT2D eigenvalue weighted by Crippen LogP contribution is 2.33. The molecule has 1 N–H and O–H groups in total. The molecule has 4 heteroatoms. The second kappa shape index (κ2) is 4.92. The standard InChI is InChI=1S/C13H14F3N/c1-17-13(8-4-2-3-5-8)12-10(15)6-9(14)7-11(12)16/h4,6-7,13,17H,2-3,5H2,1H3. The molecule has 0 saturated carbocycles. The van der Waals surface area contributed by atoms with E-state index >= 15 is 0 Å². The molecular weight excluding hydrogens is 227 g/mol. The third-order valence-electron chi connectivity index (χ3n) is 3.07. The van der Waals surface area contributed by atoms with Crippen molar-refractivity contribution in [1.82, 2.24) is 5.32 Å². The monoisotopic (exact) mass is 241 g/mol. The van der Waals surface area contributed by atoms with Crippen LogP contribution in [0.25, 0.3) is 0 Å². The van der Waals surface area contributed by atoms with E-state index in [-0.39, 0.29) is 5.56 Å². The number of halogens is 3. The van der Waals surface area contributed by atoms with Crippen LogP contribution in [-0.4, -0.2) is 7.05 Å². The van der Waals surface area contributed by atoms with Crippen molar-refractivity contribution in [2.75, 3.05) is 7.05 Å². The zero-order chi connectivity index (χ0) is 12.4. The molecule has 0 bridgehead atoms. The van der Waals surface area contributed by atoms with Crippen molar-refractivity contribution in [3.8, 4) is 0 Å². The summed E-state index contributed by atoms with van der Waals surface area (Å²) in [5, 5.41) is 2.89. The van der Waals surface area contributed by atoms with Crippen molar-refractivity contribution >= 4 is 0 Å². The summed E-state index contributed by atoms with van der Waals surface area (Å²) in [4.78, 5) is 0. The number of rotatable bonds is 3. The van der Waals surface area contributed by atoms with Crippen molar-refractivity contribution in [3.05, 3.63) is 46.8 Å². The summed E-state index contributed by atoms with van der Waals surface area (Å²) < 4.78 is 40.1. The Labute approximate surface area is 98.3 Å². The lowest BCUT2D eigenvalue weighted by molar-refractivity contribution is 0.495. The van der Waals surface area contributed by atoms with Crippen molar-refractivity contribution < 1.29 is 13.2 Å². The fraction of sp³-hybridized carbons (Fsp3) is 0.385. The van der Waals surface area contributed by atoms with Crippen molar-refractivity contribution in [3.63, 3.8) is 0 Å². The molecule has 0 aliphatic heterocycles. The Hall–Kier alpha value is -1.29. The van der Waals surface area contributed by atoms with Gasteiger partial charge in [-0.05, 0) is 26.3 Å². The maximum absolute atomic E-state index is 13.7. The van der Waals surface area contributed by atoms with E-state index in [4.69, 9.17) is 0 Å². The summed E-state index contributed by atoms with van der Waals surface area (Å²) in [6.07, 6.45) is 4.74. The Morgan fingerprint density at radius 1 is 1.18 bits per heavy atom. The Kier molecular flexibility index (Phi) is 3.52. The van der Waals surface area contributed by atoms with Gasteiger partial charge in [-0.3, -0.25) is 0 Å². The maximum Gasteiger partial charge on any atom is 0.134 e. The average Bonchev–Trinajstić information content (AvgIpc) is 2.76. The molecule has 0 aromatic heterocycles. The zero-order valence-electron chi connectivity index (χ0n) is 9.56. The van der Waals surface area contributed by atoms with Crippen LogP contribution in [0, 0.1) is 17.5 Å². The molecule has 17 heavy (non-hydrogen) atoms. The van der Waals surface area contributed by atoms with Crippen LogP contribution in [0.1, 0.15) is 30.9 Å². The van der Waals surface area contributed by atoms with Crippen LogP contribution >= 0.6 is 0 Å². The van der Waals surface area contributed by atoms with Crippen molar-refractivity contribution in [1.29, 1.82) is 0 Å². The van der Waals surface area contributed by atoms with Gasteiger partial charge in [-0.2, -0.15) is 0 Å². The molecule has 1 aliphatic rings. The van der Waals surface area contributed by atoms with Crippen molar-refractivity contribution in [2.24, 2.45) is 0 Å². The van der Waals surface area contributed by atoms with E-state index in [0.717, 1.165) is 37.0 Å². The Morgan fingerprint density at radius 2 is 1.82 bits per heavy atom. The molecule has 1 atom stereocenters. The first kappa shape index (κ1) is 12.2. The van der Waals surface area contributed by atoms with Crippen LogP contribution in [0.5, 0.6) is 0 Å². The SMILES string of the molecule is CNC(C1=CCCC1)c1c(F)cc(F)cc1F. The molecule has 0 heterocycles. The second-order valence-electron chi connectivity index (χ2n) is 4.18. The third-order valence-corrected chi connectivity index (χ3v) is 3.07. The maximum atomic E-state index is 13.7. The molecule has 1 aliphatic carbocycles. The van der Waals surface area contributed by atoms with Crippen LogP contribution in [0.15, 0.2) is 23.8 Å². The lowest BCUT2D eigenvalue weighted by Gasteiger charge is -2.19. The lowest BCUT2D eigenvalue weighted by atomic mass is 9.97. The van der Waals surface area contributed by atoms with E-state index in [0.29, 0.717) is 0 Å². The quantitative estimate of drug-likeness (QED) is 0.799. The number of likely N-dealkylation sites (N-methyl/N-ethyl adjacent to an activating group) is 1. The Morgan fingerprint density at radius 3 is 2.29 bits per heavy atom. The summed E-state index contributed by atoms with van der Waals surface area (Å²) in [5.41, 5.74) is 0.874. The third kappa shape index (κ3) is 2.36. The normalized spacial score (nSPS) is 17.1. The predicted octanol–water partition coefficient (Wildman–Crippen LogP) is 3.47. The van der Waals surface area contributed by atoms with Gasteiger partial charge in [0.05, 0.1) is 6.04 Å². The topological polar surface area (TPSA) is 12.0 Å². The number of benzene rings is 1. The summed E-state index contributed by atoms with van der Waals surface area (Å²) in [5.74, 6) is -2.57. The molecule has 1 aromatic rings. The molecule has 1 unspecified atom stereocenters. The van der Waals surface area contributed by atoms with Gasteiger partial charge in [0, 0.05) is 17.7 Å². The van der Waals surface area contributed by atoms with Gasteiger partial charge in [-0.1, -0.05) is 11.6 Å². The van der Waals surface area contributed by atoms with Gasteiger partial charge in [-0.25, -0.2) is 13.2 Å². The molecule has 0 amide bonds. The van der Waals surface area contributed by atoms with Crippen LogP contribution in [-0.2, 0) is 0 Å². The number of nitrogens with one attached hydrogen (secondary N) is 1. The first-order valence-electron chi connectivity index (χ1n) is 5.64. The van der Waals surface area contributed by atoms with Crippen LogP contribution in [0.3, 0.4) is 0 Å². The van der Waals surface area contributed by atoms with E-state index in [1.807, 2.05) is 6.08 Å². The number of allylic oxidation sites excluding steroid dienone is 1. The summed E-state index contributed by atoms with van der Waals surface area (Å²) in [6.45, 7) is 0. The molecule has 1 nitrogen and oxygen atoms in total. The Bertz CT molecular complexity index is 431. The fourth-order valence-corrected chi connectivity index (χ4v) is 2.30. The van der Waals surface area contributed by atoms with Crippen LogP contribution in [0.4, 0.5) is 13.2 Å². The van der Waals surface area contributed by atoms with Gasteiger partial charge in [0.2, 0.25) is 0 Å². The minimum atomic E-state index is -0.890. The fourth-order valence-electron chi connectivity index (χ4n) is 2.30. The van der Waals surface area contributed by atoms with E-state index < -0.39 is 23.5 Å². The summed E-state index contributed by atoms with van der Waals surface area (Å²) in [6, 6.07) is 0.939. The lowest BCUT2D eigenvalue weighted by Crippen LogP contribution is -2.21. The average molecular weight is 241 g/mol. The van der Waals surface area contributed by atoms with Gasteiger partial charge >= 0.3 is 0 Å². The minimum Gasteiger partial charge on any atom is -0.309 e. The van der Waals surface area contributed by atoms with E-state index in [9.17, 15) is 13.2 Å². The number of hydrogen-bond donors (Lipinski definition) is 1. The minimum absolute atomic E-state index is 0.0953. The van der Waals surface area contributed by atoms with Crippen LogP contribution < -0.4 is 5.32 Å². The first-order chi connectivity index (χ1) is 8.13. The highest BCUT2D eigenvalue weighted by Gasteiger charge is 2.24. The molecule has 0 fully saturated rings. The molecule has 92 valence electrons. The zero-order valence-corrected chi connectivity index (χ0v) is 9.56. The molecule has 1 aromatic carbocycles. The molecular formula is C13H14F3N. The van der Waals surface area contributed by atoms with E-state index in [2.05, 4.69) is 5.32 Å². The van der Waals surface area contributed by atoms with Crippen molar-refractivity contribution in [2.45, 2.75) is 25.3 Å². The van der Waals surface area contributed by atoms with E-state index in [1.54, 1.807) is 7.05 Å². The highest BCUT2D eigenvalue weighted by molar-refractivity contribution is 5.32. The highest BCUT2D eigenvalue weighted by atomic mass is 19.1. The number of hydrogen-bond acceptors (Lipinski definition) is 1. The predicted molar refractivity (Wildman–Crippen MR) is 60.1 cm³/mol. The van der Waals surface area contributed by atoms with Gasteiger partial charge in [0.15, 0.2) is 0 Å². The second-order valence-corrected chi connectivity index (χ2v) is 4.18. The van der Waals surface area contributed by atoms with Gasteiger partial charge in [-0.15, -0.1) is 0 Å².